The molecular weight excluding hydrogens is 366 g/mol. The topological polar surface area (TPSA) is 12.0 Å². The van der Waals surface area contributed by atoms with Crippen LogP contribution in [0.1, 0.15) is 43.7 Å². The van der Waals surface area contributed by atoms with Gasteiger partial charge >= 0.3 is 0 Å². The van der Waals surface area contributed by atoms with E-state index in [0.717, 1.165) is 17.8 Å². The van der Waals surface area contributed by atoms with Crippen molar-refractivity contribution in [3.8, 4) is 0 Å². The molecule has 0 aliphatic heterocycles. The van der Waals surface area contributed by atoms with Gasteiger partial charge in [-0.25, -0.2) is 0 Å². The van der Waals surface area contributed by atoms with Crippen LogP contribution in [0, 0.1) is 17.8 Å². The molecule has 2 fully saturated rings. The normalized spacial score (nSPS) is 30.8. The Morgan fingerprint density at radius 3 is 2.74 bits per heavy atom. The smallest absolute Gasteiger partial charge is 0.0331 e. The lowest BCUT2D eigenvalue weighted by atomic mass is 9.83. The Balaban J connectivity index is 1.75. The summed E-state index contributed by atoms with van der Waals surface area (Å²) in [6.45, 7) is 0. The van der Waals surface area contributed by atoms with Crippen LogP contribution in [0.2, 0.25) is 0 Å². The fourth-order valence-electron chi connectivity index (χ4n) is 4.15. The van der Waals surface area contributed by atoms with E-state index in [-0.39, 0.29) is 0 Å². The number of halogens is 2. The zero-order chi connectivity index (χ0) is 13.4. The van der Waals surface area contributed by atoms with Gasteiger partial charge in [-0.05, 0) is 74.2 Å². The van der Waals surface area contributed by atoms with E-state index in [2.05, 4.69) is 62.4 Å². The number of rotatable bonds is 4. The third kappa shape index (κ3) is 2.93. The minimum Gasteiger partial charge on any atom is -0.313 e. The van der Waals surface area contributed by atoms with Gasteiger partial charge in [-0.3, -0.25) is 0 Å². The largest absolute Gasteiger partial charge is 0.313 e. The molecule has 2 saturated carbocycles. The molecule has 4 atom stereocenters. The summed E-state index contributed by atoms with van der Waals surface area (Å²) in [5, 5.41) is 3.52. The van der Waals surface area contributed by atoms with Crippen LogP contribution in [-0.2, 0) is 0 Å². The van der Waals surface area contributed by atoms with Gasteiger partial charge in [-0.1, -0.05) is 38.3 Å². The average molecular weight is 387 g/mol. The lowest BCUT2D eigenvalue weighted by Gasteiger charge is -2.27. The van der Waals surface area contributed by atoms with Crippen molar-refractivity contribution in [1.29, 1.82) is 0 Å². The molecule has 1 aromatic rings. The van der Waals surface area contributed by atoms with Crippen molar-refractivity contribution < 1.29 is 0 Å². The van der Waals surface area contributed by atoms with Gasteiger partial charge in [0.2, 0.25) is 0 Å². The second-order valence-electron chi connectivity index (χ2n) is 6.18. The number of fused-ring (bicyclic) bond motifs is 2. The summed E-state index contributed by atoms with van der Waals surface area (Å²) in [4.78, 5) is 0. The maximum atomic E-state index is 3.70. The zero-order valence-electron chi connectivity index (χ0n) is 11.3. The minimum absolute atomic E-state index is 0.469. The fraction of sp³-hybridized carbons (Fsp3) is 0.625. The van der Waals surface area contributed by atoms with E-state index >= 15 is 0 Å². The molecule has 2 bridgehead atoms. The lowest BCUT2D eigenvalue weighted by molar-refractivity contribution is 0.284. The van der Waals surface area contributed by atoms with E-state index in [1.165, 1.54) is 46.6 Å². The van der Waals surface area contributed by atoms with Crippen molar-refractivity contribution in [3.05, 3.63) is 32.7 Å². The highest BCUT2D eigenvalue weighted by atomic mass is 79.9. The number of hydrogen-bond donors (Lipinski definition) is 1. The monoisotopic (exact) mass is 385 g/mol. The summed E-state index contributed by atoms with van der Waals surface area (Å²) >= 11 is 7.29. The molecule has 0 heterocycles. The Kier molecular flexibility index (Phi) is 4.35. The summed E-state index contributed by atoms with van der Waals surface area (Å²) in [6, 6.07) is 6.96. The van der Waals surface area contributed by atoms with Gasteiger partial charge in [0.1, 0.15) is 0 Å². The maximum Gasteiger partial charge on any atom is 0.0331 e. The molecule has 0 spiro atoms. The van der Waals surface area contributed by atoms with Crippen LogP contribution in [0.5, 0.6) is 0 Å². The predicted molar refractivity (Wildman–Crippen MR) is 87.2 cm³/mol. The average Bonchev–Trinajstić information content (AvgIpc) is 3.01. The van der Waals surface area contributed by atoms with Crippen LogP contribution in [-0.4, -0.2) is 7.05 Å². The van der Waals surface area contributed by atoms with Crippen molar-refractivity contribution in [2.24, 2.45) is 17.8 Å². The summed E-state index contributed by atoms with van der Waals surface area (Å²) in [5.41, 5.74) is 1.39. The van der Waals surface area contributed by atoms with Crippen molar-refractivity contribution in [2.75, 3.05) is 7.05 Å². The number of nitrogens with one attached hydrogen (secondary N) is 1. The van der Waals surface area contributed by atoms with Gasteiger partial charge in [0, 0.05) is 15.0 Å². The van der Waals surface area contributed by atoms with Gasteiger partial charge in [-0.2, -0.15) is 0 Å². The molecule has 2 aliphatic carbocycles. The van der Waals surface area contributed by atoms with E-state index in [1.807, 2.05) is 0 Å². The summed E-state index contributed by atoms with van der Waals surface area (Å²) in [7, 11) is 2.09. The Hall–Kier alpha value is 0.140. The van der Waals surface area contributed by atoms with Crippen molar-refractivity contribution in [2.45, 2.75) is 38.1 Å². The van der Waals surface area contributed by atoms with Gasteiger partial charge in [-0.15, -0.1) is 0 Å². The molecule has 19 heavy (non-hydrogen) atoms. The quantitative estimate of drug-likeness (QED) is 0.740. The molecule has 4 unspecified atom stereocenters. The molecule has 104 valence electrons. The summed E-state index contributed by atoms with van der Waals surface area (Å²) in [6.07, 6.45) is 7.22. The molecule has 3 heteroatoms. The Labute approximate surface area is 132 Å². The Bertz CT molecular complexity index is 460. The molecule has 0 radical (unpaired) electrons. The van der Waals surface area contributed by atoms with Gasteiger partial charge in [0.05, 0.1) is 0 Å². The highest BCUT2D eigenvalue weighted by Gasteiger charge is 2.40. The van der Waals surface area contributed by atoms with Crippen molar-refractivity contribution in [1.82, 2.24) is 5.32 Å². The highest BCUT2D eigenvalue weighted by molar-refractivity contribution is 9.11. The third-order valence-electron chi connectivity index (χ3n) is 5.10. The Morgan fingerprint density at radius 1 is 1.26 bits per heavy atom. The van der Waals surface area contributed by atoms with E-state index in [1.54, 1.807) is 0 Å². The van der Waals surface area contributed by atoms with E-state index < -0.39 is 0 Å². The molecule has 1 nitrogen and oxygen atoms in total. The summed E-state index contributed by atoms with van der Waals surface area (Å²) < 4.78 is 2.39. The van der Waals surface area contributed by atoms with Crippen LogP contribution in [0.3, 0.4) is 0 Å². The first-order valence-electron chi connectivity index (χ1n) is 7.29. The lowest BCUT2D eigenvalue weighted by Crippen LogP contribution is -2.23. The third-order valence-corrected chi connectivity index (χ3v) is 6.32. The summed E-state index contributed by atoms with van der Waals surface area (Å²) in [5.74, 6) is 2.98. The Morgan fingerprint density at radius 2 is 2.11 bits per heavy atom. The van der Waals surface area contributed by atoms with Gasteiger partial charge < -0.3 is 5.32 Å². The molecule has 3 rings (SSSR count). The van der Waals surface area contributed by atoms with Crippen LogP contribution in [0.25, 0.3) is 0 Å². The first-order chi connectivity index (χ1) is 9.17. The highest BCUT2D eigenvalue weighted by Crippen LogP contribution is 2.51. The second-order valence-corrected chi connectivity index (χ2v) is 7.95. The van der Waals surface area contributed by atoms with Crippen LogP contribution in [0.15, 0.2) is 27.1 Å². The number of hydrogen-bond acceptors (Lipinski definition) is 1. The standard InChI is InChI=1S/C16H21Br2N/c1-19-16(14-9-13(17)4-5-15(14)18)8-12-7-10-2-3-11(12)6-10/h4-5,9-12,16,19H,2-3,6-8H2,1H3. The molecule has 1 N–H and O–H groups in total. The minimum atomic E-state index is 0.469. The molecule has 0 aromatic heterocycles. The van der Waals surface area contributed by atoms with E-state index in [0.29, 0.717) is 6.04 Å². The van der Waals surface area contributed by atoms with E-state index in [9.17, 15) is 0 Å². The van der Waals surface area contributed by atoms with Crippen molar-refractivity contribution >= 4 is 31.9 Å². The molecule has 0 saturated heterocycles. The maximum absolute atomic E-state index is 3.70. The first-order valence-corrected chi connectivity index (χ1v) is 8.88. The zero-order valence-corrected chi connectivity index (χ0v) is 14.5. The van der Waals surface area contributed by atoms with Crippen molar-refractivity contribution in [3.63, 3.8) is 0 Å². The fourth-order valence-corrected chi connectivity index (χ4v) is 5.05. The second kappa shape index (κ2) is 5.87. The molecule has 0 amide bonds. The molecule has 2 aliphatic rings. The van der Waals surface area contributed by atoms with Gasteiger partial charge in [0.25, 0.3) is 0 Å². The number of benzene rings is 1. The molecule has 1 aromatic carbocycles. The first kappa shape index (κ1) is 14.1. The van der Waals surface area contributed by atoms with Crippen LogP contribution < -0.4 is 5.32 Å². The van der Waals surface area contributed by atoms with Gasteiger partial charge in [0.15, 0.2) is 0 Å². The molecular formula is C16H21Br2N. The van der Waals surface area contributed by atoms with Crippen LogP contribution in [0.4, 0.5) is 0 Å². The van der Waals surface area contributed by atoms with E-state index in [4.69, 9.17) is 0 Å². The SMILES string of the molecule is CNC(CC1CC2CCC1C2)c1cc(Br)ccc1Br. The van der Waals surface area contributed by atoms with Crippen LogP contribution >= 0.6 is 31.9 Å². The predicted octanol–water partition coefficient (Wildman–Crippen LogP) is 5.30.